The van der Waals surface area contributed by atoms with E-state index in [1.165, 1.54) is 0 Å². The van der Waals surface area contributed by atoms with E-state index in [1.807, 2.05) is 12.1 Å². The Kier molecular flexibility index (Phi) is 4.18. The molecule has 0 aliphatic carbocycles. The van der Waals surface area contributed by atoms with Crippen molar-refractivity contribution in [3.8, 4) is 11.1 Å². The molecule has 1 fully saturated rings. The van der Waals surface area contributed by atoms with Crippen molar-refractivity contribution in [3.63, 3.8) is 0 Å². The van der Waals surface area contributed by atoms with Crippen molar-refractivity contribution in [2.75, 3.05) is 6.54 Å². The Balaban J connectivity index is 1.74. The van der Waals surface area contributed by atoms with Gasteiger partial charge >= 0.3 is 0 Å². The van der Waals surface area contributed by atoms with Crippen molar-refractivity contribution in [1.82, 2.24) is 20.8 Å². The first-order valence-electron chi connectivity index (χ1n) is 7.42. The lowest BCUT2D eigenvalue weighted by atomic mass is 10.0. The zero-order valence-corrected chi connectivity index (χ0v) is 12.1. The van der Waals surface area contributed by atoms with E-state index in [4.69, 9.17) is 0 Å². The van der Waals surface area contributed by atoms with Crippen LogP contribution in [0.4, 0.5) is 0 Å². The largest absolute Gasteiger partial charge is 0.354 e. The van der Waals surface area contributed by atoms with Crippen molar-refractivity contribution in [2.24, 2.45) is 0 Å². The number of carbonyl (C=O) groups is 2. The summed E-state index contributed by atoms with van der Waals surface area (Å²) in [7, 11) is 0. The number of amides is 2. The Labute approximate surface area is 128 Å². The van der Waals surface area contributed by atoms with Gasteiger partial charge in [-0.2, -0.15) is 5.10 Å². The van der Waals surface area contributed by atoms with Crippen molar-refractivity contribution >= 4 is 11.8 Å². The monoisotopic (exact) mass is 298 g/mol. The van der Waals surface area contributed by atoms with Crippen LogP contribution in [0.5, 0.6) is 0 Å². The van der Waals surface area contributed by atoms with Gasteiger partial charge in [-0.15, -0.1) is 0 Å². The Hall–Kier alpha value is -2.63. The van der Waals surface area contributed by atoms with E-state index in [9.17, 15) is 9.59 Å². The minimum absolute atomic E-state index is 0.100. The summed E-state index contributed by atoms with van der Waals surface area (Å²) in [5.74, 6) is -0.329. The lowest BCUT2D eigenvalue weighted by Crippen LogP contribution is -2.45. The highest BCUT2D eigenvalue weighted by Gasteiger charge is 2.22. The number of aromatic amines is 1. The molecule has 2 amide bonds. The van der Waals surface area contributed by atoms with Crippen LogP contribution in [-0.2, 0) is 4.79 Å². The van der Waals surface area contributed by atoms with Gasteiger partial charge in [0.25, 0.3) is 5.91 Å². The summed E-state index contributed by atoms with van der Waals surface area (Å²) in [6.45, 7) is 0.682. The van der Waals surface area contributed by atoms with Gasteiger partial charge in [0.1, 0.15) is 6.04 Å². The van der Waals surface area contributed by atoms with Crippen LogP contribution in [0, 0.1) is 0 Å². The lowest BCUT2D eigenvalue weighted by Gasteiger charge is -2.15. The lowest BCUT2D eigenvalue weighted by molar-refractivity contribution is -0.122. The summed E-state index contributed by atoms with van der Waals surface area (Å²) in [4.78, 5) is 24.3. The number of H-pyrrole nitrogens is 1. The molecule has 3 rings (SSSR count). The first-order valence-corrected chi connectivity index (χ1v) is 7.42. The van der Waals surface area contributed by atoms with Crippen LogP contribution in [0.15, 0.2) is 36.7 Å². The second-order valence-electron chi connectivity index (χ2n) is 5.38. The van der Waals surface area contributed by atoms with E-state index in [0.29, 0.717) is 18.5 Å². The molecule has 2 aromatic rings. The van der Waals surface area contributed by atoms with Gasteiger partial charge in [0.15, 0.2) is 0 Å². The summed E-state index contributed by atoms with van der Waals surface area (Å²) >= 11 is 0. The van der Waals surface area contributed by atoms with Gasteiger partial charge in [-0.1, -0.05) is 12.1 Å². The number of carbonyl (C=O) groups excluding carboxylic acids is 2. The van der Waals surface area contributed by atoms with E-state index < -0.39 is 6.04 Å². The summed E-state index contributed by atoms with van der Waals surface area (Å²) in [5.41, 5.74) is 2.37. The van der Waals surface area contributed by atoms with Gasteiger partial charge in [-0.05, 0) is 37.0 Å². The van der Waals surface area contributed by atoms with Gasteiger partial charge < -0.3 is 10.6 Å². The fraction of sp³-hybridized carbons (Fsp3) is 0.312. The Morgan fingerprint density at radius 3 is 3.00 bits per heavy atom. The molecule has 0 saturated carbocycles. The summed E-state index contributed by atoms with van der Waals surface area (Å²) in [6.07, 6.45) is 6.04. The molecule has 1 aliphatic heterocycles. The third-order valence-corrected chi connectivity index (χ3v) is 3.80. The minimum Gasteiger partial charge on any atom is -0.354 e. The first-order chi connectivity index (χ1) is 10.7. The maximum absolute atomic E-state index is 12.4. The Bertz CT molecular complexity index is 667. The average molecular weight is 298 g/mol. The van der Waals surface area contributed by atoms with E-state index in [2.05, 4.69) is 20.8 Å². The third-order valence-electron chi connectivity index (χ3n) is 3.80. The van der Waals surface area contributed by atoms with Crippen molar-refractivity contribution in [2.45, 2.75) is 25.3 Å². The number of nitrogens with zero attached hydrogens (tertiary/aromatic N) is 1. The second kappa shape index (κ2) is 6.43. The average Bonchev–Trinajstić information content (AvgIpc) is 3.00. The van der Waals surface area contributed by atoms with Crippen LogP contribution in [0.3, 0.4) is 0 Å². The van der Waals surface area contributed by atoms with Crippen LogP contribution < -0.4 is 10.6 Å². The van der Waals surface area contributed by atoms with Gasteiger partial charge in [-0.3, -0.25) is 14.7 Å². The molecule has 1 aliphatic rings. The fourth-order valence-corrected chi connectivity index (χ4v) is 2.57. The Morgan fingerprint density at radius 1 is 1.27 bits per heavy atom. The molecule has 6 heteroatoms. The van der Waals surface area contributed by atoms with Gasteiger partial charge in [0, 0.05) is 23.9 Å². The molecule has 1 atom stereocenters. The summed E-state index contributed by atoms with van der Waals surface area (Å²) in [6, 6.07) is 6.83. The number of rotatable bonds is 3. The predicted octanol–water partition coefficient (Wildman–Crippen LogP) is 1.48. The highest BCUT2D eigenvalue weighted by Crippen LogP contribution is 2.19. The maximum Gasteiger partial charge on any atom is 0.251 e. The van der Waals surface area contributed by atoms with Gasteiger partial charge in [0.05, 0.1) is 6.20 Å². The quantitative estimate of drug-likeness (QED) is 0.802. The van der Waals surface area contributed by atoms with Gasteiger partial charge in [-0.25, -0.2) is 0 Å². The standard InChI is InChI=1S/C16H18N4O2/c21-15(20-14-6-1-2-7-17-16(14)22)12-5-3-4-11(8-12)13-9-18-19-10-13/h3-5,8-10,14H,1-2,6-7H2,(H,17,22)(H,18,19)(H,20,21)/t14-/m0/s1. The zero-order chi connectivity index (χ0) is 15.4. The highest BCUT2D eigenvalue weighted by molar-refractivity contribution is 5.98. The molecule has 6 nitrogen and oxygen atoms in total. The third kappa shape index (κ3) is 3.16. The minimum atomic E-state index is -0.451. The van der Waals surface area contributed by atoms with Crippen LogP contribution in [0.25, 0.3) is 11.1 Å². The molecule has 22 heavy (non-hydrogen) atoms. The molecule has 2 heterocycles. The maximum atomic E-state index is 12.4. The van der Waals surface area contributed by atoms with Crippen LogP contribution in [-0.4, -0.2) is 34.6 Å². The summed E-state index contributed by atoms with van der Waals surface area (Å²) < 4.78 is 0. The fourth-order valence-electron chi connectivity index (χ4n) is 2.57. The SMILES string of the molecule is O=C(N[C@H]1CCCCNC1=O)c1cccc(-c2cn[nH]c2)c1. The molecule has 0 radical (unpaired) electrons. The molecular weight excluding hydrogens is 280 g/mol. The zero-order valence-electron chi connectivity index (χ0n) is 12.1. The molecule has 1 aromatic carbocycles. The highest BCUT2D eigenvalue weighted by atomic mass is 16.2. The molecular formula is C16H18N4O2. The van der Waals surface area contributed by atoms with E-state index in [1.54, 1.807) is 24.5 Å². The molecule has 0 spiro atoms. The normalized spacial score (nSPS) is 18.4. The van der Waals surface area contributed by atoms with E-state index >= 15 is 0 Å². The summed E-state index contributed by atoms with van der Waals surface area (Å²) in [5, 5.41) is 12.3. The van der Waals surface area contributed by atoms with Crippen LogP contribution >= 0.6 is 0 Å². The molecule has 1 aromatic heterocycles. The smallest absolute Gasteiger partial charge is 0.251 e. The van der Waals surface area contributed by atoms with Crippen LogP contribution in [0.2, 0.25) is 0 Å². The number of aromatic nitrogens is 2. The predicted molar refractivity (Wildman–Crippen MR) is 82.1 cm³/mol. The van der Waals surface area contributed by atoms with Crippen LogP contribution in [0.1, 0.15) is 29.6 Å². The number of hydrogen-bond donors (Lipinski definition) is 3. The van der Waals surface area contributed by atoms with E-state index in [-0.39, 0.29) is 11.8 Å². The number of hydrogen-bond acceptors (Lipinski definition) is 3. The topological polar surface area (TPSA) is 86.9 Å². The molecule has 0 unspecified atom stereocenters. The second-order valence-corrected chi connectivity index (χ2v) is 5.38. The Morgan fingerprint density at radius 2 is 2.18 bits per heavy atom. The van der Waals surface area contributed by atoms with E-state index in [0.717, 1.165) is 24.0 Å². The molecule has 3 N–H and O–H groups in total. The van der Waals surface area contributed by atoms with Crippen molar-refractivity contribution < 1.29 is 9.59 Å². The molecule has 1 saturated heterocycles. The molecule has 0 bridgehead atoms. The number of benzene rings is 1. The van der Waals surface area contributed by atoms with Crippen molar-refractivity contribution in [1.29, 1.82) is 0 Å². The number of nitrogens with one attached hydrogen (secondary N) is 3. The molecule has 114 valence electrons. The first kappa shape index (κ1) is 14.3. The van der Waals surface area contributed by atoms with Gasteiger partial charge in [0.2, 0.25) is 5.91 Å². The van der Waals surface area contributed by atoms with Crippen molar-refractivity contribution in [3.05, 3.63) is 42.2 Å².